The molecule has 0 saturated carbocycles. The number of anilines is 1. The third-order valence-electron chi connectivity index (χ3n) is 4.27. The van der Waals surface area contributed by atoms with Crippen LogP contribution in [-0.4, -0.2) is 35.1 Å². The first kappa shape index (κ1) is 21.2. The standard InChI is InChI=1S/C19H20BrN5O3S/c1-3-13(2)24-29(27,28)16-7-4-14(5-8-16)19(26)23-17-10-15(20)6-9-18(17)25-12-21-11-22-25/h4-13,24H,3H2,1-2H3,(H,23,26). The van der Waals surface area contributed by atoms with Gasteiger partial charge in [-0.15, -0.1) is 0 Å². The van der Waals surface area contributed by atoms with Crippen LogP contribution in [0.3, 0.4) is 0 Å². The van der Waals surface area contributed by atoms with Gasteiger partial charge in [-0.3, -0.25) is 4.79 Å². The highest BCUT2D eigenvalue weighted by Gasteiger charge is 2.18. The van der Waals surface area contributed by atoms with Crippen LogP contribution < -0.4 is 10.0 Å². The van der Waals surface area contributed by atoms with Gasteiger partial charge < -0.3 is 5.32 Å². The quantitative estimate of drug-likeness (QED) is 0.542. The van der Waals surface area contributed by atoms with E-state index >= 15 is 0 Å². The minimum Gasteiger partial charge on any atom is -0.320 e. The van der Waals surface area contributed by atoms with E-state index < -0.39 is 10.0 Å². The van der Waals surface area contributed by atoms with Crippen LogP contribution in [-0.2, 0) is 10.0 Å². The number of sulfonamides is 1. The van der Waals surface area contributed by atoms with Gasteiger partial charge in [0.15, 0.2) is 0 Å². The van der Waals surface area contributed by atoms with Crippen LogP contribution in [0.5, 0.6) is 0 Å². The fourth-order valence-electron chi connectivity index (χ4n) is 2.54. The molecular formula is C19H20BrN5O3S. The van der Waals surface area contributed by atoms with Gasteiger partial charge in [-0.1, -0.05) is 22.9 Å². The Hall–Kier alpha value is -2.56. The van der Waals surface area contributed by atoms with Crippen molar-refractivity contribution in [3.05, 3.63) is 65.2 Å². The third-order valence-corrected chi connectivity index (χ3v) is 6.37. The van der Waals surface area contributed by atoms with Crippen LogP contribution in [0.15, 0.2) is 64.5 Å². The highest BCUT2D eigenvalue weighted by molar-refractivity contribution is 9.10. The van der Waals surface area contributed by atoms with Crippen LogP contribution >= 0.6 is 15.9 Å². The largest absolute Gasteiger partial charge is 0.320 e. The second-order valence-electron chi connectivity index (χ2n) is 6.41. The monoisotopic (exact) mass is 477 g/mol. The Morgan fingerprint density at radius 1 is 1.21 bits per heavy atom. The van der Waals surface area contributed by atoms with E-state index in [1.54, 1.807) is 19.1 Å². The van der Waals surface area contributed by atoms with Gasteiger partial charge in [0.05, 0.1) is 16.3 Å². The van der Waals surface area contributed by atoms with Crippen molar-refractivity contribution in [3.8, 4) is 5.69 Å². The predicted molar refractivity (Wildman–Crippen MR) is 114 cm³/mol. The summed E-state index contributed by atoms with van der Waals surface area (Å²) in [4.78, 5) is 16.7. The Labute approximate surface area is 177 Å². The van der Waals surface area contributed by atoms with Crippen molar-refractivity contribution in [2.75, 3.05) is 5.32 Å². The number of nitrogens with zero attached hydrogens (tertiary/aromatic N) is 3. The number of halogens is 1. The maximum absolute atomic E-state index is 12.7. The summed E-state index contributed by atoms with van der Waals surface area (Å²) in [6.07, 6.45) is 3.61. The lowest BCUT2D eigenvalue weighted by atomic mass is 10.2. The molecule has 2 N–H and O–H groups in total. The fourth-order valence-corrected chi connectivity index (χ4v) is 4.22. The second kappa shape index (κ2) is 8.85. The van der Waals surface area contributed by atoms with Gasteiger partial charge in [-0.05, 0) is 55.8 Å². The van der Waals surface area contributed by atoms with E-state index in [0.29, 0.717) is 23.4 Å². The van der Waals surface area contributed by atoms with Crippen molar-refractivity contribution < 1.29 is 13.2 Å². The molecule has 29 heavy (non-hydrogen) atoms. The number of carbonyl (C=O) groups excluding carboxylic acids is 1. The molecule has 1 aromatic heterocycles. The number of hydrogen-bond donors (Lipinski definition) is 2. The van der Waals surface area contributed by atoms with E-state index in [-0.39, 0.29) is 16.8 Å². The Kier molecular flexibility index (Phi) is 6.46. The maximum atomic E-state index is 12.7. The van der Waals surface area contributed by atoms with Crippen molar-refractivity contribution in [1.82, 2.24) is 19.5 Å². The molecule has 0 aliphatic heterocycles. The van der Waals surface area contributed by atoms with E-state index in [0.717, 1.165) is 4.47 Å². The first-order valence-corrected chi connectivity index (χ1v) is 11.2. The third kappa shape index (κ3) is 5.08. The van der Waals surface area contributed by atoms with E-state index in [1.807, 2.05) is 13.0 Å². The minimum absolute atomic E-state index is 0.111. The van der Waals surface area contributed by atoms with Crippen molar-refractivity contribution in [1.29, 1.82) is 0 Å². The van der Waals surface area contributed by atoms with E-state index in [2.05, 4.69) is 36.1 Å². The van der Waals surface area contributed by atoms with Crippen molar-refractivity contribution >= 4 is 37.5 Å². The van der Waals surface area contributed by atoms with Gasteiger partial charge in [0, 0.05) is 16.1 Å². The molecule has 0 bridgehead atoms. The van der Waals surface area contributed by atoms with Gasteiger partial charge in [0.25, 0.3) is 5.91 Å². The number of carbonyl (C=O) groups is 1. The van der Waals surface area contributed by atoms with E-state index in [9.17, 15) is 13.2 Å². The highest BCUT2D eigenvalue weighted by atomic mass is 79.9. The van der Waals surface area contributed by atoms with Crippen LogP contribution in [0.1, 0.15) is 30.6 Å². The van der Waals surface area contributed by atoms with Crippen LogP contribution in [0, 0.1) is 0 Å². The molecule has 0 aliphatic carbocycles. The summed E-state index contributed by atoms with van der Waals surface area (Å²) in [7, 11) is -3.62. The summed E-state index contributed by atoms with van der Waals surface area (Å²) in [6.45, 7) is 3.69. The Morgan fingerprint density at radius 2 is 1.93 bits per heavy atom. The average molecular weight is 478 g/mol. The number of aromatic nitrogens is 3. The van der Waals surface area contributed by atoms with Crippen molar-refractivity contribution in [2.24, 2.45) is 0 Å². The molecule has 1 amide bonds. The van der Waals surface area contributed by atoms with E-state index in [1.165, 1.54) is 41.6 Å². The molecule has 0 spiro atoms. The Morgan fingerprint density at radius 3 is 2.55 bits per heavy atom. The van der Waals surface area contributed by atoms with Crippen LogP contribution in [0.4, 0.5) is 5.69 Å². The topological polar surface area (TPSA) is 106 Å². The number of nitrogens with one attached hydrogen (secondary N) is 2. The molecule has 3 aromatic rings. The summed E-state index contributed by atoms with van der Waals surface area (Å²) in [5.41, 5.74) is 1.51. The molecule has 8 nitrogen and oxygen atoms in total. The predicted octanol–water partition coefficient (Wildman–Crippen LogP) is 3.36. The number of amides is 1. The molecule has 10 heteroatoms. The van der Waals surface area contributed by atoms with Gasteiger partial charge in [-0.25, -0.2) is 22.8 Å². The molecule has 0 fully saturated rings. The minimum atomic E-state index is -3.62. The summed E-state index contributed by atoms with van der Waals surface area (Å²) < 4.78 is 29.6. The fraction of sp³-hybridized carbons (Fsp3) is 0.211. The summed E-state index contributed by atoms with van der Waals surface area (Å²) in [6, 6.07) is 11.0. The molecule has 1 unspecified atom stereocenters. The molecule has 0 saturated heterocycles. The zero-order chi connectivity index (χ0) is 21.0. The zero-order valence-corrected chi connectivity index (χ0v) is 18.2. The summed E-state index contributed by atoms with van der Waals surface area (Å²) in [5.74, 6) is -0.372. The lowest BCUT2D eigenvalue weighted by Gasteiger charge is -2.13. The second-order valence-corrected chi connectivity index (χ2v) is 9.04. The summed E-state index contributed by atoms with van der Waals surface area (Å²) >= 11 is 3.39. The molecule has 0 radical (unpaired) electrons. The first-order valence-electron chi connectivity index (χ1n) is 8.88. The van der Waals surface area contributed by atoms with E-state index in [4.69, 9.17) is 0 Å². The number of rotatable bonds is 7. The highest BCUT2D eigenvalue weighted by Crippen LogP contribution is 2.25. The SMILES string of the molecule is CCC(C)NS(=O)(=O)c1ccc(C(=O)Nc2cc(Br)ccc2-n2cncn2)cc1. The molecule has 152 valence electrons. The number of hydrogen-bond acceptors (Lipinski definition) is 5. The molecule has 1 atom stereocenters. The smallest absolute Gasteiger partial charge is 0.255 e. The lowest BCUT2D eigenvalue weighted by molar-refractivity contribution is 0.102. The van der Waals surface area contributed by atoms with Crippen molar-refractivity contribution in [2.45, 2.75) is 31.2 Å². The van der Waals surface area contributed by atoms with Crippen LogP contribution in [0.2, 0.25) is 0 Å². The van der Waals surface area contributed by atoms with Crippen LogP contribution in [0.25, 0.3) is 5.69 Å². The van der Waals surface area contributed by atoms with Gasteiger partial charge in [0.2, 0.25) is 10.0 Å². The Balaban J connectivity index is 1.81. The van der Waals surface area contributed by atoms with Crippen molar-refractivity contribution in [3.63, 3.8) is 0 Å². The van der Waals surface area contributed by atoms with Gasteiger partial charge in [0.1, 0.15) is 12.7 Å². The number of benzene rings is 2. The summed E-state index contributed by atoms with van der Waals surface area (Å²) in [5, 5.41) is 6.92. The molecule has 3 rings (SSSR count). The molecule has 1 heterocycles. The zero-order valence-electron chi connectivity index (χ0n) is 15.8. The maximum Gasteiger partial charge on any atom is 0.255 e. The molecular weight excluding hydrogens is 458 g/mol. The Bertz CT molecular complexity index is 1100. The average Bonchev–Trinajstić information content (AvgIpc) is 3.22. The van der Waals surface area contributed by atoms with Gasteiger partial charge >= 0.3 is 0 Å². The first-order chi connectivity index (χ1) is 13.8. The molecule has 0 aliphatic rings. The normalized spacial score (nSPS) is 12.5. The van der Waals surface area contributed by atoms with Gasteiger partial charge in [-0.2, -0.15) is 5.10 Å². The lowest BCUT2D eigenvalue weighted by Crippen LogP contribution is -2.32. The molecule has 2 aromatic carbocycles.